The first kappa shape index (κ1) is 10.0. The topological polar surface area (TPSA) is 15.3 Å². The monoisotopic (exact) mass is 170 g/mol. The van der Waals surface area contributed by atoms with Gasteiger partial charge in [-0.2, -0.15) is 0 Å². The Morgan fingerprint density at radius 1 is 1.50 bits per heavy atom. The fourth-order valence-electron chi connectivity index (χ4n) is 2.13. The van der Waals surface area contributed by atoms with Gasteiger partial charge in [-0.1, -0.05) is 0 Å². The smallest absolute Gasteiger partial charge is 0.0190 e. The molecule has 1 rings (SSSR count). The molecule has 0 aromatic rings. The van der Waals surface area contributed by atoms with Crippen molar-refractivity contribution in [2.24, 2.45) is 5.92 Å². The number of hydrogen-bond acceptors (Lipinski definition) is 2. The Balaban J connectivity index is 2.59. The lowest BCUT2D eigenvalue weighted by Gasteiger charge is -2.46. The Hall–Kier alpha value is -0.0800. The number of nitrogens with one attached hydrogen (secondary N) is 1. The SMILES string of the molecule is CNCC1CCCN(C)C1(C)C. The van der Waals surface area contributed by atoms with Crippen molar-refractivity contribution in [1.29, 1.82) is 0 Å². The molecule has 1 N–H and O–H groups in total. The fraction of sp³-hybridized carbons (Fsp3) is 1.00. The Morgan fingerprint density at radius 3 is 2.75 bits per heavy atom. The van der Waals surface area contributed by atoms with Crippen LogP contribution in [0.4, 0.5) is 0 Å². The number of likely N-dealkylation sites (tertiary alicyclic amines) is 1. The van der Waals surface area contributed by atoms with E-state index in [1.807, 2.05) is 7.05 Å². The molecular formula is C10H22N2. The lowest BCUT2D eigenvalue weighted by Crippen LogP contribution is -2.53. The molecule has 72 valence electrons. The van der Waals surface area contributed by atoms with Gasteiger partial charge in [0.1, 0.15) is 0 Å². The highest BCUT2D eigenvalue weighted by atomic mass is 15.2. The molecule has 0 aromatic heterocycles. The molecule has 0 radical (unpaired) electrons. The Morgan fingerprint density at radius 2 is 2.17 bits per heavy atom. The maximum Gasteiger partial charge on any atom is 0.0190 e. The van der Waals surface area contributed by atoms with Crippen molar-refractivity contribution < 1.29 is 0 Å². The molecule has 0 amide bonds. The lowest BCUT2D eigenvalue weighted by molar-refractivity contribution is 0.0462. The van der Waals surface area contributed by atoms with Gasteiger partial charge in [-0.15, -0.1) is 0 Å². The molecule has 1 aliphatic rings. The van der Waals surface area contributed by atoms with E-state index in [2.05, 4.69) is 31.1 Å². The number of nitrogens with zero attached hydrogens (tertiary/aromatic N) is 1. The molecule has 12 heavy (non-hydrogen) atoms. The van der Waals surface area contributed by atoms with Gasteiger partial charge in [0.05, 0.1) is 0 Å². The quantitative estimate of drug-likeness (QED) is 0.672. The van der Waals surface area contributed by atoms with Crippen molar-refractivity contribution in [3.05, 3.63) is 0 Å². The zero-order chi connectivity index (χ0) is 9.19. The van der Waals surface area contributed by atoms with Crippen LogP contribution in [0.1, 0.15) is 26.7 Å². The second-order valence-electron chi connectivity index (χ2n) is 4.47. The summed E-state index contributed by atoms with van der Waals surface area (Å²) < 4.78 is 0. The van der Waals surface area contributed by atoms with Crippen molar-refractivity contribution in [3.63, 3.8) is 0 Å². The molecule has 1 atom stereocenters. The van der Waals surface area contributed by atoms with Crippen LogP contribution in [0.25, 0.3) is 0 Å². The second-order valence-corrected chi connectivity index (χ2v) is 4.47. The highest BCUT2D eigenvalue weighted by molar-refractivity contribution is 4.91. The normalized spacial score (nSPS) is 30.5. The highest BCUT2D eigenvalue weighted by Crippen LogP contribution is 2.31. The van der Waals surface area contributed by atoms with Crippen LogP contribution in [-0.2, 0) is 0 Å². The van der Waals surface area contributed by atoms with E-state index < -0.39 is 0 Å². The number of hydrogen-bond donors (Lipinski definition) is 1. The zero-order valence-electron chi connectivity index (χ0n) is 8.85. The van der Waals surface area contributed by atoms with Crippen LogP contribution in [-0.4, -0.2) is 37.6 Å². The van der Waals surface area contributed by atoms with Crippen LogP contribution in [0.5, 0.6) is 0 Å². The third kappa shape index (κ3) is 1.80. The van der Waals surface area contributed by atoms with Gasteiger partial charge in [0.25, 0.3) is 0 Å². The van der Waals surface area contributed by atoms with Crippen molar-refractivity contribution in [3.8, 4) is 0 Å². The maximum absolute atomic E-state index is 3.29. The average Bonchev–Trinajstić information content (AvgIpc) is 2.00. The van der Waals surface area contributed by atoms with Gasteiger partial charge >= 0.3 is 0 Å². The van der Waals surface area contributed by atoms with Gasteiger partial charge in [0, 0.05) is 5.54 Å². The van der Waals surface area contributed by atoms with Crippen LogP contribution in [0.2, 0.25) is 0 Å². The van der Waals surface area contributed by atoms with Crippen LogP contribution in [0.3, 0.4) is 0 Å². The number of piperidine rings is 1. The van der Waals surface area contributed by atoms with Gasteiger partial charge < -0.3 is 10.2 Å². The van der Waals surface area contributed by atoms with Crippen molar-refractivity contribution in [2.45, 2.75) is 32.2 Å². The first-order valence-corrected chi connectivity index (χ1v) is 4.95. The van der Waals surface area contributed by atoms with Gasteiger partial charge in [0.2, 0.25) is 0 Å². The predicted molar refractivity (Wildman–Crippen MR) is 53.4 cm³/mol. The summed E-state index contributed by atoms with van der Waals surface area (Å²) in [7, 11) is 4.28. The molecule has 1 unspecified atom stereocenters. The zero-order valence-corrected chi connectivity index (χ0v) is 8.85. The van der Waals surface area contributed by atoms with Crippen LogP contribution in [0.15, 0.2) is 0 Å². The summed E-state index contributed by atoms with van der Waals surface area (Å²) >= 11 is 0. The Labute approximate surface area is 76.3 Å². The van der Waals surface area contributed by atoms with Gasteiger partial charge in [-0.3, -0.25) is 0 Å². The molecular weight excluding hydrogens is 148 g/mol. The van der Waals surface area contributed by atoms with Gasteiger partial charge in [-0.05, 0) is 59.8 Å². The average molecular weight is 170 g/mol. The number of rotatable bonds is 2. The summed E-state index contributed by atoms with van der Waals surface area (Å²) in [5, 5.41) is 3.29. The molecule has 1 heterocycles. The van der Waals surface area contributed by atoms with E-state index in [1.165, 1.54) is 19.4 Å². The summed E-state index contributed by atoms with van der Waals surface area (Å²) in [5.41, 5.74) is 0.376. The molecule has 0 aliphatic carbocycles. The molecule has 0 aromatic carbocycles. The summed E-state index contributed by atoms with van der Waals surface area (Å²) in [6, 6.07) is 0. The molecule has 0 spiro atoms. The van der Waals surface area contributed by atoms with Crippen molar-refractivity contribution >= 4 is 0 Å². The first-order valence-electron chi connectivity index (χ1n) is 4.95. The molecule has 1 aliphatic heterocycles. The molecule has 1 fully saturated rings. The minimum absolute atomic E-state index is 0.376. The van der Waals surface area contributed by atoms with Crippen molar-refractivity contribution in [2.75, 3.05) is 27.2 Å². The summed E-state index contributed by atoms with van der Waals surface area (Å²) in [6.45, 7) is 7.12. The Bertz CT molecular complexity index is 141. The largest absolute Gasteiger partial charge is 0.319 e. The van der Waals surface area contributed by atoms with E-state index in [-0.39, 0.29) is 0 Å². The van der Waals surface area contributed by atoms with Crippen LogP contribution >= 0.6 is 0 Å². The third-order valence-corrected chi connectivity index (χ3v) is 3.48. The lowest BCUT2D eigenvalue weighted by atomic mass is 9.79. The van der Waals surface area contributed by atoms with E-state index in [0.29, 0.717) is 5.54 Å². The minimum Gasteiger partial charge on any atom is -0.319 e. The first-order chi connectivity index (χ1) is 5.59. The van der Waals surface area contributed by atoms with E-state index in [0.717, 1.165) is 12.5 Å². The molecule has 2 nitrogen and oxygen atoms in total. The van der Waals surface area contributed by atoms with Crippen LogP contribution < -0.4 is 5.32 Å². The summed E-state index contributed by atoms with van der Waals surface area (Å²) in [4.78, 5) is 2.48. The van der Waals surface area contributed by atoms with E-state index in [1.54, 1.807) is 0 Å². The maximum atomic E-state index is 3.29. The summed E-state index contributed by atoms with van der Waals surface area (Å²) in [5.74, 6) is 0.807. The molecule has 1 saturated heterocycles. The summed E-state index contributed by atoms with van der Waals surface area (Å²) in [6.07, 6.45) is 2.73. The van der Waals surface area contributed by atoms with Crippen molar-refractivity contribution in [1.82, 2.24) is 10.2 Å². The predicted octanol–water partition coefficient (Wildman–Crippen LogP) is 1.33. The van der Waals surface area contributed by atoms with Gasteiger partial charge in [-0.25, -0.2) is 0 Å². The highest BCUT2D eigenvalue weighted by Gasteiger charge is 2.35. The van der Waals surface area contributed by atoms with Gasteiger partial charge in [0.15, 0.2) is 0 Å². The van der Waals surface area contributed by atoms with E-state index >= 15 is 0 Å². The van der Waals surface area contributed by atoms with E-state index in [9.17, 15) is 0 Å². The third-order valence-electron chi connectivity index (χ3n) is 3.48. The van der Waals surface area contributed by atoms with Crippen LogP contribution in [0, 0.1) is 5.92 Å². The Kier molecular flexibility index (Phi) is 3.13. The molecule has 2 heteroatoms. The molecule has 0 bridgehead atoms. The second kappa shape index (κ2) is 3.75. The standard InChI is InChI=1S/C10H22N2/c1-10(2)9(8-11-3)6-5-7-12(10)4/h9,11H,5-8H2,1-4H3. The minimum atomic E-state index is 0.376. The molecule has 0 saturated carbocycles. The fourth-order valence-corrected chi connectivity index (χ4v) is 2.13. The van der Waals surface area contributed by atoms with E-state index in [4.69, 9.17) is 0 Å².